The van der Waals surface area contributed by atoms with Gasteiger partial charge in [-0.15, -0.1) is 0 Å². The van der Waals surface area contributed by atoms with Gasteiger partial charge in [-0.3, -0.25) is 9.78 Å². The largest absolute Gasteiger partial charge is 0.486 e. The number of fused-ring (bicyclic) bond motifs is 1. The number of hydrogen-bond acceptors (Lipinski definition) is 5. The molecule has 1 aliphatic rings. The van der Waals surface area contributed by atoms with E-state index in [4.69, 9.17) is 9.47 Å². The maximum Gasteiger partial charge on any atom is 0.274 e. The average molecular weight is 299 g/mol. The third-order valence-electron chi connectivity index (χ3n) is 3.44. The van der Waals surface area contributed by atoms with E-state index >= 15 is 0 Å². The van der Waals surface area contributed by atoms with Gasteiger partial charge in [0.05, 0.1) is 12.7 Å². The van der Waals surface area contributed by atoms with Gasteiger partial charge in [0.2, 0.25) is 0 Å². The Morgan fingerprint density at radius 3 is 2.86 bits per heavy atom. The molecule has 0 aliphatic carbocycles. The molecule has 114 valence electrons. The molecule has 1 atom stereocenters. The Labute approximate surface area is 128 Å². The van der Waals surface area contributed by atoms with Crippen LogP contribution in [-0.2, 0) is 0 Å². The van der Waals surface area contributed by atoms with E-state index < -0.39 is 0 Å². The monoisotopic (exact) mass is 299 g/mol. The first kappa shape index (κ1) is 14.3. The Hall–Kier alpha value is -2.63. The summed E-state index contributed by atoms with van der Waals surface area (Å²) in [6.07, 6.45) is 4.33. The molecule has 1 aromatic carbocycles. The van der Waals surface area contributed by atoms with Gasteiger partial charge in [-0.05, 0) is 19.1 Å². The highest BCUT2D eigenvalue weighted by Crippen LogP contribution is 2.31. The maximum atomic E-state index is 12.4. The predicted octanol–water partition coefficient (Wildman–Crippen LogP) is 1.78. The predicted molar refractivity (Wildman–Crippen MR) is 80.0 cm³/mol. The van der Waals surface area contributed by atoms with E-state index in [1.165, 1.54) is 12.4 Å². The lowest BCUT2D eigenvalue weighted by Crippen LogP contribution is -2.43. The minimum atomic E-state index is -0.199. The zero-order chi connectivity index (χ0) is 15.4. The second kappa shape index (κ2) is 6.43. The fourth-order valence-electron chi connectivity index (χ4n) is 2.33. The van der Waals surface area contributed by atoms with Gasteiger partial charge < -0.3 is 14.4 Å². The first-order chi connectivity index (χ1) is 10.8. The van der Waals surface area contributed by atoms with Crippen LogP contribution in [0.2, 0.25) is 0 Å². The first-order valence-corrected chi connectivity index (χ1v) is 7.21. The molecule has 0 saturated heterocycles. The molecule has 1 aromatic heterocycles. The third kappa shape index (κ3) is 3.00. The van der Waals surface area contributed by atoms with Crippen molar-refractivity contribution in [2.75, 3.05) is 19.7 Å². The van der Waals surface area contributed by atoms with Crippen LogP contribution >= 0.6 is 0 Å². The molecule has 6 heteroatoms. The minimum absolute atomic E-state index is 0.155. The van der Waals surface area contributed by atoms with Crippen molar-refractivity contribution < 1.29 is 14.3 Å². The quantitative estimate of drug-likeness (QED) is 0.861. The lowest BCUT2D eigenvalue weighted by Gasteiger charge is -2.30. The second-order valence-electron chi connectivity index (χ2n) is 4.93. The zero-order valence-electron chi connectivity index (χ0n) is 12.3. The summed E-state index contributed by atoms with van der Waals surface area (Å²) in [7, 11) is 0. The summed E-state index contributed by atoms with van der Waals surface area (Å²) < 4.78 is 11.6. The van der Waals surface area contributed by atoms with Gasteiger partial charge in [-0.2, -0.15) is 0 Å². The zero-order valence-corrected chi connectivity index (χ0v) is 12.3. The van der Waals surface area contributed by atoms with Crippen LogP contribution < -0.4 is 9.47 Å². The summed E-state index contributed by atoms with van der Waals surface area (Å²) in [5.74, 6) is 1.29. The van der Waals surface area contributed by atoms with Crippen LogP contribution in [0.4, 0.5) is 0 Å². The molecule has 1 amide bonds. The highest BCUT2D eigenvalue weighted by atomic mass is 16.6. The Bertz CT molecular complexity index is 648. The number of amides is 1. The number of hydrogen-bond donors (Lipinski definition) is 0. The van der Waals surface area contributed by atoms with Gasteiger partial charge in [0.15, 0.2) is 17.6 Å². The van der Waals surface area contributed by atoms with E-state index in [0.717, 1.165) is 5.75 Å². The fourth-order valence-corrected chi connectivity index (χ4v) is 2.33. The molecule has 0 bridgehead atoms. The number of para-hydroxylation sites is 2. The number of likely N-dealkylation sites (N-methyl/N-ethyl adjacent to an activating group) is 1. The lowest BCUT2D eigenvalue weighted by atomic mass is 10.2. The molecular formula is C16H17N3O3. The van der Waals surface area contributed by atoms with Crippen LogP contribution in [0.15, 0.2) is 42.9 Å². The van der Waals surface area contributed by atoms with Crippen molar-refractivity contribution in [3.63, 3.8) is 0 Å². The van der Waals surface area contributed by atoms with Crippen LogP contribution in [0.3, 0.4) is 0 Å². The van der Waals surface area contributed by atoms with Crippen molar-refractivity contribution in [1.29, 1.82) is 0 Å². The number of carbonyl (C=O) groups excluding carboxylic acids is 1. The molecule has 0 radical (unpaired) electrons. The molecule has 0 saturated carbocycles. The van der Waals surface area contributed by atoms with E-state index in [1.54, 1.807) is 11.1 Å². The van der Waals surface area contributed by atoms with Crippen molar-refractivity contribution >= 4 is 5.91 Å². The number of ether oxygens (including phenoxy) is 2. The first-order valence-electron chi connectivity index (χ1n) is 7.21. The summed E-state index contributed by atoms with van der Waals surface area (Å²) in [6, 6.07) is 7.53. The Balaban J connectivity index is 1.68. The molecular weight excluding hydrogens is 282 g/mol. The summed E-state index contributed by atoms with van der Waals surface area (Å²) in [6.45, 7) is 3.35. The summed E-state index contributed by atoms with van der Waals surface area (Å²) >= 11 is 0. The van der Waals surface area contributed by atoms with Gasteiger partial charge in [0, 0.05) is 18.9 Å². The van der Waals surface area contributed by atoms with E-state index in [1.807, 2.05) is 31.2 Å². The van der Waals surface area contributed by atoms with Crippen LogP contribution in [0.5, 0.6) is 11.5 Å². The van der Waals surface area contributed by atoms with Crippen LogP contribution in [0, 0.1) is 0 Å². The number of nitrogens with zero attached hydrogens (tertiary/aromatic N) is 3. The molecule has 3 rings (SSSR count). The van der Waals surface area contributed by atoms with Crippen molar-refractivity contribution in [3.05, 3.63) is 48.5 Å². The average Bonchev–Trinajstić information content (AvgIpc) is 2.59. The van der Waals surface area contributed by atoms with Crippen LogP contribution in [0.25, 0.3) is 0 Å². The van der Waals surface area contributed by atoms with Gasteiger partial charge in [-0.1, -0.05) is 12.1 Å². The van der Waals surface area contributed by atoms with Crippen LogP contribution in [-0.4, -0.2) is 46.6 Å². The highest BCUT2D eigenvalue weighted by molar-refractivity contribution is 5.91. The fraction of sp³-hybridized carbons (Fsp3) is 0.312. The number of aromatic nitrogens is 2. The van der Waals surface area contributed by atoms with Crippen LogP contribution in [0.1, 0.15) is 17.4 Å². The number of rotatable bonds is 4. The Morgan fingerprint density at radius 1 is 1.32 bits per heavy atom. The molecule has 1 aliphatic heterocycles. The molecule has 0 N–H and O–H groups in total. The van der Waals surface area contributed by atoms with Gasteiger partial charge >= 0.3 is 0 Å². The van der Waals surface area contributed by atoms with E-state index in [0.29, 0.717) is 31.1 Å². The van der Waals surface area contributed by atoms with Crippen molar-refractivity contribution in [2.45, 2.75) is 13.0 Å². The highest BCUT2D eigenvalue weighted by Gasteiger charge is 2.25. The molecule has 0 fully saturated rings. The van der Waals surface area contributed by atoms with Gasteiger partial charge in [0.1, 0.15) is 12.3 Å². The summed E-state index contributed by atoms with van der Waals surface area (Å²) in [4.78, 5) is 22.1. The molecule has 22 heavy (non-hydrogen) atoms. The molecule has 0 spiro atoms. The second-order valence-corrected chi connectivity index (χ2v) is 4.93. The molecule has 2 heterocycles. The minimum Gasteiger partial charge on any atom is -0.486 e. The molecule has 0 unspecified atom stereocenters. The van der Waals surface area contributed by atoms with Gasteiger partial charge in [0.25, 0.3) is 5.91 Å². The van der Waals surface area contributed by atoms with E-state index in [9.17, 15) is 4.79 Å². The SMILES string of the molecule is CCN(C[C@@H]1COc2ccccc2O1)C(=O)c1cnccn1. The number of carbonyl (C=O) groups is 1. The van der Waals surface area contributed by atoms with Crippen molar-refractivity contribution in [2.24, 2.45) is 0 Å². The maximum absolute atomic E-state index is 12.4. The normalized spacial score (nSPS) is 16.1. The van der Waals surface area contributed by atoms with E-state index in [-0.39, 0.29) is 12.0 Å². The lowest BCUT2D eigenvalue weighted by molar-refractivity contribution is 0.0471. The van der Waals surface area contributed by atoms with Gasteiger partial charge in [-0.25, -0.2) is 4.98 Å². The standard InChI is InChI=1S/C16H17N3O3/c1-2-19(16(20)13-9-17-7-8-18-13)10-12-11-21-14-5-3-4-6-15(14)22-12/h3-9,12H,2,10-11H2,1H3/t12-/m1/s1. The third-order valence-corrected chi connectivity index (χ3v) is 3.44. The van der Waals surface area contributed by atoms with Crippen molar-refractivity contribution in [1.82, 2.24) is 14.9 Å². The summed E-state index contributed by atoms with van der Waals surface area (Å²) in [5.41, 5.74) is 0.335. The van der Waals surface area contributed by atoms with E-state index in [2.05, 4.69) is 9.97 Å². The topological polar surface area (TPSA) is 64.6 Å². The van der Waals surface area contributed by atoms with Crippen molar-refractivity contribution in [3.8, 4) is 11.5 Å². The Kier molecular flexibility index (Phi) is 4.18. The molecule has 2 aromatic rings. The summed E-state index contributed by atoms with van der Waals surface area (Å²) in [5, 5.41) is 0. The Morgan fingerprint density at radius 2 is 2.14 bits per heavy atom. The number of benzene rings is 1. The smallest absolute Gasteiger partial charge is 0.274 e. The molecule has 6 nitrogen and oxygen atoms in total.